The van der Waals surface area contributed by atoms with E-state index in [1.165, 1.54) is 25.3 Å². The van der Waals surface area contributed by atoms with Gasteiger partial charge in [0.1, 0.15) is 0 Å². The van der Waals surface area contributed by atoms with Crippen LogP contribution in [0.4, 0.5) is 4.39 Å². The lowest BCUT2D eigenvalue weighted by Crippen LogP contribution is -2.38. The molecule has 2 N–H and O–H groups in total. The summed E-state index contributed by atoms with van der Waals surface area (Å²) in [7, 11) is 1.47. The minimum absolute atomic E-state index is 0.0422. The first-order valence-electron chi connectivity index (χ1n) is 7.99. The lowest BCUT2D eigenvalue weighted by molar-refractivity contribution is 0.386. The summed E-state index contributed by atoms with van der Waals surface area (Å²) in [5, 5.41) is 6.54. The van der Waals surface area contributed by atoms with Crippen LogP contribution in [0.2, 0.25) is 0 Å². The van der Waals surface area contributed by atoms with Gasteiger partial charge in [-0.15, -0.1) is 0 Å². The van der Waals surface area contributed by atoms with E-state index < -0.39 is 0 Å². The lowest BCUT2D eigenvalue weighted by Gasteiger charge is -2.18. The molecule has 0 aliphatic carbocycles. The Morgan fingerprint density at radius 2 is 2.17 bits per heavy atom. The summed E-state index contributed by atoms with van der Waals surface area (Å²) in [6.07, 6.45) is 4.36. The maximum atomic E-state index is 13.8. The van der Waals surface area contributed by atoms with E-state index in [1.807, 2.05) is 31.7 Å². The monoisotopic (exact) mass is 341 g/mol. The van der Waals surface area contributed by atoms with E-state index in [0.717, 1.165) is 31.0 Å². The molecule has 0 saturated heterocycles. The van der Waals surface area contributed by atoms with Gasteiger partial charge in [-0.3, -0.25) is 4.99 Å². The molecule has 0 heterocycles. The Labute approximate surface area is 143 Å². The maximum Gasteiger partial charge on any atom is 0.191 e. The van der Waals surface area contributed by atoms with Crippen molar-refractivity contribution in [2.45, 2.75) is 32.7 Å². The molecule has 6 heteroatoms. The van der Waals surface area contributed by atoms with Crippen molar-refractivity contribution in [3.63, 3.8) is 0 Å². The maximum absolute atomic E-state index is 13.8. The number of hydrogen-bond acceptors (Lipinski definition) is 3. The van der Waals surface area contributed by atoms with Gasteiger partial charge in [0.25, 0.3) is 0 Å². The first-order valence-corrected chi connectivity index (χ1v) is 9.39. The van der Waals surface area contributed by atoms with Crippen LogP contribution in [0.1, 0.15) is 38.3 Å². The normalized spacial score (nSPS) is 12.8. The second-order valence-corrected chi connectivity index (χ2v) is 6.21. The molecule has 0 fully saturated rings. The molecule has 0 aliphatic rings. The number of aliphatic imine (C=N–C) groups is 1. The summed E-state index contributed by atoms with van der Waals surface area (Å²) in [6, 6.07) is 4.97. The first kappa shape index (κ1) is 19.6. The third kappa shape index (κ3) is 7.12. The Balaban J connectivity index is 2.63. The zero-order valence-electron chi connectivity index (χ0n) is 14.5. The Hall–Kier alpha value is -1.43. The van der Waals surface area contributed by atoms with Crippen LogP contribution in [0, 0.1) is 5.82 Å². The fraction of sp³-hybridized carbons (Fsp3) is 0.588. The van der Waals surface area contributed by atoms with Crippen molar-refractivity contribution < 1.29 is 9.13 Å². The van der Waals surface area contributed by atoms with E-state index in [1.54, 1.807) is 6.07 Å². The fourth-order valence-electron chi connectivity index (χ4n) is 2.11. The molecule has 0 bridgehead atoms. The van der Waals surface area contributed by atoms with Gasteiger partial charge in [0, 0.05) is 13.1 Å². The van der Waals surface area contributed by atoms with Gasteiger partial charge in [-0.1, -0.05) is 6.07 Å². The van der Waals surface area contributed by atoms with Crippen LogP contribution in [-0.4, -0.2) is 38.2 Å². The highest BCUT2D eigenvalue weighted by atomic mass is 32.2. The average molecular weight is 341 g/mol. The van der Waals surface area contributed by atoms with Crippen LogP contribution in [0.5, 0.6) is 5.75 Å². The van der Waals surface area contributed by atoms with Gasteiger partial charge < -0.3 is 15.4 Å². The van der Waals surface area contributed by atoms with Gasteiger partial charge in [0.05, 0.1) is 13.2 Å². The molecule has 1 unspecified atom stereocenters. The molecule has 0 saturated carbocycles. The molecule has 0 aromatic heterocycles. The number of methoxy groups -OCH3 is 1. The number of guanidine groups is 1. The minimum Gasteiger partial charge on any atom is -0.494 e. The third-order valence-corrected chi connectivity index (χ3v) is 4.10. The zero-order chi connectivity index (χ0) is 17.1. The number of benzene rings is 1. The number of hydrogen-bond donors (Lipinski definition) is 2. The summed E-state index contributed by atoms with van der Waals surface area (Å²) in [6.45, 7) is 5.60. The highest BCUT2D eigenvalue weighted by Crippen LogP contribution is 2.21. The smallest absolute Gasteiger partial charge is 0.191 e. The standard InChI is InChI=1S/C17H28FN3OS/c1-5-19-17(20-10-6-7-11-23-4)21-13(2)14-8-9-16(22-3)15(18)12-14/h8-9,12-13H,5-7,10-11H2,1-4H3,(H2,19,20,21). The van der Waals surface area contributed by atoms with Gasteiger partial charge in [-0.2, -0.15) is 11.8 Å². The van der Waals surface area contributed by atoms with Gasteiger partial charge >= 0.3 is 0 Å². The van der Waals surface area contributed by atoms with E-state index in [9.17, 15) is 4.39 Å². The second-order valence-electron chi connectivity index (χ2n) is 5.22. The number of thioether (sulfide) groups is 1. The molecule has 130 valence electrons. The topological polar surface area (TPSA) is 45.7 Å². The highest BCUT2D eigenvalue weighted by molar-refractivity contribution is 7.98. The molecule has 1 aromatic carbocycles. The van der Waals surface area contributed by atoms with Crippen molar-refractivity contribution in [1.82, 2.24) is 10.6 Å². The summed E-state index contributed by atoms with van der Waals surface area (Å²) >= 11 is 1.86. The Bertz CT molecular complexity index is 497. The molecular weight excluding hydrogens is 313 g/mol. The van der Waals surface area contributed by atoms with Crippen LogP contribution < -0.4 is 15.4 Å². The molecule has 0 aliphatic heterocycles. The molecule has 1 atom stereocenters. The van der Waals surface area contributed by atoms with Crippen LogP contribution in [-0.2, 0) is 0 Å². The number of halogens is 1. The van der Waals surface area contributed by atoms with E-state index >= 15 is 0 Å². The summed E-state index contributed by atoms with van der Waals surface area (Å²) in [4.78, 5) is 4.57. The molecule has 23 heavy (non-hydrogen) atoms. The SMILES string of the molecule is CCNC(=NCCCCSC)NC(C)c1ccc(OC)c(F)c1. The van der Waals surface area contributed by atoms with Crippen molar-refractivity contribution in [2.24, 2.45) is 4.99 Å². The van der Waals surface area contributed by atoms with Crippen LogP contribution in [0.25, 0.3) is 0 Å². The van der Waals surface area contributed by atoms with Crippen molar-refractivity contribution >= 4 is 17.7 Å². The van der Waals surface area contributed by atoms with Gasteiger partial charge in [0.15, 0.2) is 17.5 Å². The number of nitrogens with zero attached hydrogens (tertiary/aromatic N) is 1. The van der Waals surface area contributed by atoms with Crippen molar-refractivity contribution in [2.75, 3.05) is 32.2 Å². The Morgan fingerprint density at radius 1 is 1.39 bits per heavy atom. The quantitative estimate of drug-likeness (QED) is 0.409. The Morgan fingerprint density at radius 3 is 2.78 bits per heavy atom. The van der Waals surface area contributed by atoms with Crippen molar-refractivity contribution in [1.29, 1.82) is 0 Å². The summed E-state index contributed by atoms with van der Waals surface area (Å²) < 4.78 is 18.8. The zero-order valence-corrected chi connectivity index (χ0v) is 15.3. The molecule has 4 nitrogen and oxygen atoms in total. The second kappa shape index (κ2) is 11.2. The molecule has 0 radical (unpaired) electrons. The molecule has 0 spiro atoms. The van der Waals surface area contributed by atoms with Gasteiger partial charge in [-0.05, 0) is 56.4 Å². The minimum atomic E-state index is -0.349. The average Bonchev–Trinajstić information content (AvgIpc) is 2.54. The number of rotatable bonds is 9. The Kier molecular flexibility index (Phi) is 9.52. The van der Waals surface area contributed by atoms with Crippen LogP contribution in [0.3, 0.4) is 0 Å². The first-order chi connectivity index (χ1) is 11.1. The van der Waals surface area contributed by atoms with Gasteiger partial charge in [0.2, 0.25) is 0 Å². The van der Waals surface area contributed by atoms with Gasteiger partial charge in [-0.25, -0.2) is 4.39 Å². The number of ether oxygens (including phenoxy) is 1. The van der Waals surface area contributed by atoms with E-state index in [2.05, 4.69) is 21.9 Å². The highest BCUT2D eigenvalue weighted by Gasteiger charge is 2.11. The fourth-order valence-corrected chi connectivity index (χ4v) is 2.60. The number of unbranched alkanes of at least 4 members (excludes halogenated alkanes) is 1. The predicted octanol–water partition coefficient (Wildman–Crippen LogP) is 3.59. The van der Waals surface area contributed by atoms with E-state index in [-0.39, 0.29) is 17.6 Å². The van der Waals surface area contributed by atoms with Crippen LogP contribution >= 0.6 is 11.8 Å². The molecule has 1 aromatic rings. The van der Waals surface area contributed by atoms with E-state index in [0.29, 0.717) is 0 Å². The summed E-state index contributed by atoms with van der Waals surface area (Å²) in [5.41, 5.74) is 0.858. The largest absolute Gasteiger partial charge is 0.494 e. The molecular formula is C17H28FN3OS. The third-order valence-electron chi connectivity index (χ3n) is 3.40. The van der Waals surface area contributed by atoms with Crippen LogP contribution in [0.15, 0.2) is 23.2 Å². The lowest BCUT2D eigenvalue weighted by atomic mass is 10.1. The number of nitrogens with one attached hydrogen (secondary N) is 2. The summed E-state index contributed by atoms with van der Waals surface area (Å²) in [5.74, 6) is 1.84. The predicted molar refractivity (Wildman–Crippen MR) is 98.1 cm³/mol. The van der Waals surface area contributed by atoms with Crippen molar-refractivity contribution in [3.8, 4) is 5.75 Å². The molecule has 1 rings (SSSR count). The molecule has 0 amide bonds. The van der Waals surface area contributed by atoms with E-state index in [4.69, 9.17) is 4.74 Å². The van der Waals surface area contributed by atoms with Crippen molar-refractivity contribution in [3.05, 3.63) is 29.6 Å².